The normalized spacial score (nSPS) is 11.9. The van der Waals surface area contributed by atoms with Gasteiger partial charge in [-0.2, -0.15) is 5.10 Å². The first-order chi connectivity index (χ1) is 6.24. The highest BCUT2D eigenvalue weighted by Gasteiger charge is 2.07. The first-order valence-electron chi connectivity index (χ1n) is 3.42. The highest BCUT2D eigenvalue weighted by atomic mass is 127. The highest BCUT2D eigenvalue weighted by Crippen LogP contribution is 2.34. The van der Waals surface area contributed by atoms with E-state index in [-0.39, 0.29) is 0 Å². The Labute approximate surface area is 103 Å². The van der Waals surface area contributed by atoms with Crippen molar-refractivity contribution >= 4 is 66.8 Å². The number of nitrogens with zero attached hydrogens (tertiary/aromatic N) is 2. The molecule has 1 atom stereocenters. The Morgan fingerprint density at radius 1 is 1.54 bits per heavy atom. The van der Waals surface area contributed by atoms with Gasteiger partial charge in [0.1, 0.15) is 0 Å². The van der Waals surface area contributed by atoms with E-state index in [1.807, 2.05) is 16.6 Å². The minimum atomic E-state index is 0.603. The molecule has 2 nitrogen and oxygen atoms in total. The molecule has 6 heteroatoms. The summed E-state index contributed by atoms with van der Waals surface area (Å²) in [6, 6.07) is 3.96. The van der Waals surface area contributed by atoms with Crippen molar-refractivity contribution in [3.8, 4) is 0 Å². The van der Waals surface area contributed by atoms with E-state index < -0.39 is 0 Å². The fraction of sp³-hybridized carbons (Fsp3) is 0. The molecule has 1 aromatic carbocycles. The molecule has 0 bridgehead atoms. The predicted octanol–water partition coefficient (Wildman–Crippen LogP) is 4.24. The number of hydrogen-bond donors (Lipinski definition) is 0. The average molecular weight is 389 g/mol. The summed E-state index contributed by atoms with van der Waals surface area (Å²) in [5, 5.41) is 5.97. The predicted molar refractivity (Wildman–Crippen MR) is 70.2 cm³/mol. The summed E-state index contributed by atoms with van der Waals surface area (Å²) in [6.07, 6.45) is 2.40. The zero-order chi connectivity index (χ0) is 9.42. The Hall–Kier alpha value is 0.620. The summed E-state index contributed by atoms with van der Waals surface area (Å²) >= 11 is 11.8. The molecule has 0 aliphatic heterocycles. The van der Waals surface area contributed by atoms with Crippen molar-refractivity contribution in [1.82, 2.24) is 9.55 Å². The van der Waals surface area contributed by atoms with Crippen LogP contribution in [0.5, 0.6) is 0 Å². The van der Waals surface area contributed by atoms with Gasteiger partial charge >= 0.3 is 0 Å². The highest BCUT2D eigenvalue weighted by molar-refractivity contribution is 14.2. The van der Waals surface area contributed by atoms with Crippen LogP contribution < -0.4 is 0 Å². The van der Waals surface area contributed by atoms with Crippen molar-refractivity contribution in [3.63, 3.8) is 0 Å². The van der Waals surface area contributed by atoms with Crippen LogP contribution in [0.15, 0.2) is 22.8 Å². The van der Waals surface area contributed by atoms with Gasteiger partial charge in [0.05, 0.1) is 23.1 Å². The minimum Gasteiger partial charge on any atom is -0.237 e. The van der Waals surface area contributed by atoms with E-state index in [4.69, 9.17) is 11.6 Å². The maximum absolute atomic E-state index is 6.10. The van der Waals surface area contributed by atoms with Crippen molar-refractivity contribution in [3.05, 3.63) is 27.8 Å². The number of hydrogen-bond acceptors (Lipinski definition) is 1. The topological polar surface area (TPSA) is 17.8 Å². The molecule has 2 aromatic rings. The Kier molecular flexibility index (Phi) is 3.13. The molecule has 2 rings (SSSR count). The first kappa shape index (κ1) is 10.1. The van der Waals surface area contributed by atoms with Crippen LogP contribution >= 0.6 is 55.9 Å². The van der Waals surface area contributed by atoms with Crippen LogP contribution in [0.25, 0.3) is 10.9 Å². The largest absolute Gasteiger partial charge is 0.237 e. The number of fused-ring (bicyclic) bond motifs is 1. The van der Waals surface area contributed by atoms with Crippen molar-refractivity contribution in [1.29, 1.82) is 0 Å². The molecule has 0 radical (unpaired) electrons. The number of rotatable bonds is 1. The van der Waals surface area contributed by atoms with E-state index in [1.54, 1.807) is 6.20 Å². The standard InChI is InChI=1S/C7H4BrClIN2P/c8-5-1-2-6-4(7(5)9)3-11-12(6)13-10/h1-3,13H. The van der Waals surface area contributed by atoms with E-state index in [9.17, 15) is 0 Å². The molecular formula is C7H4BrClIN2P. The van der Waals surface area contributed by atoms with E-state index in [0.29, 0.717) is 6.37 Å². The molecule has 0 aliphatic rings. The Morgan fingerprint density at radius 3 is 3.00 bits per heavy atom. The van der Waals surface area contributed by atoms with Gasteiger partial charge in [-0.25, -0.2) is 4.45 Å². The van der Waals surface area contributed by atoms with Gasteiger partial charge in [-0.05, 0) is 50.1 Å². The molecule has 0 amide bonds. The lowest BCUT2D eigenvalue weighted by molar-refractivity contribution is 1.04. The molecule has 68 valence electrons. The van der Waals surface area contributed by atoms with Crippen molar-refractivity contribution in [2.45, 2.75) is 0 Å². The van der Waals surface area contributed by atoms with E-state index in [2.05, 4.69) is 43.1 Å². The van der Waals surface area contributed by atoms with Gasteiger partial charge in [-0.1, -0.05) is 11.6 Å². The zero-order valence-electron chi connectivity index (χ0n) is 6.26. The fourth-order valence-electron chi connectivity index (χ4n) is 1.11. The van der Waals surface area contributed by atoms with Gasteiger partial charge in [0.25, 0.3) is 0 Å². The van der Waals surface area contributed by atoms with Gasteiger partial charge in [0.15, 0.2) is 0 Å². The lowest BCUT2D eigenvalue weighted by Crippen LogP contribution is -1.81. The molecule has 0 saturated heterocycles. The second kappa shape index (κ2) is 4.01. The summed E-state index contributed by atoms with van der Waals surface area (Å²) < 4.78 is 2.85. The molecule has 0 spiro atoms. The third-order valence-corrected chi connectivity index (χ3v) is 4.90. The van der Waals surface area contributed by atoms with Crippen LogP contribution in [-0.4, -0.2) is 9.55 Å². The molecular weight excluding hydrogens is 385 g/mol. The summed E-state index contributed by atoms with van der Waals surface area (Å²) in [5.74, 6) is 0. The van der Waals surface area contributed by atoms with Gasteiger partial charge in [-0.15, -0.1) is 0 Å². The maximum Gasteiger partial charge on any atom is 0.0745 e. The quantitative estimate of drug-likeness (QED) is 0.527. The van der Waals surface area contributed by atoms with Gasteiger partial charge in [0.2, 0.25) is 0 Å². The molecule has 0 fully saturated rings. The zero-order valence-corrected chi connectivity index (χ0v) is 11.8. The fourth-order valence-corrected chi connectivity index (χ4v) is 3.20. The van der Waals surface area contributed by atoms with Crippen LogP contribution in [-0.2, 0) is 0 Å². The molecule has 1 unspecified atom stereocenters. The smallest absolute Gasteiger partial charge is 0.0745 e. The van der Waals surface area contributed by atoms with Crippen LogP contribution in [0, 0.1) is 0 Å². The van der Waals surface area contributed by atoms with Crippen LogP contribution in [0.4, 0.5) is 0 Å². The average Bonchev–Trinajstić information content (AvgIpc) is 2.55. The summed E-state index contributed by atoms with van der Waals surface area (Å²) in [6.45, 7) is 0. The van der Waals surface area contributed by atoms with Crippen molar-refractivity contribution < 1.29 is 0 Å². The Balaban J connectivity index is 2.81. The van der Waals surface area contributed by atoms with Crippen molar-refractivity contribution in [2.24, 2.45) is 0 Å². The van der Waals surface area contributed by atoms with Crippen molar-refractivity contribution in [2.75, 3.05) is 0 Å². The van der Waals surface area contributed by atoms with E-state index in [0.717, 1.165) is 20.4 Å². The maximum atomic E-state index is 6.10. The van der Waals surface area contributed by atoms with Gasteiger partial charge < -0.3 is 0 Å². The van der Waals surface area contributed by atoms with Gasteiger partial charge in [-0.3, -0.25) is 0 Å². The lowest BCUT2D eigenvalue weighted by atomic mass is 10.3. The SMILES string of the molecule is Clc1c(Br)ccc2c1cnn2PI. The first-order valence-corrected chi connectivity index (χ1v) is 8.65. The number of halogens is 3. The summed E-state index contributed by atoms with van der Waals surface area (Å²) in [4.78, 5) is 0. The summed E-state index contributed by atoms with van der Waals surface area (Å²) in [5.41, 5.74) is 1.08. The molecule has 0 aliphatic carbocycles. The molecule has 1 aromatic heterocycles. The number of aromatic nitrogens is 2. The lowest BCUT2D eigenvalue weighted by Gasteiger charge is -1.99. The molecule has 13 heavy (non-hydrogen) atoms. The van der Waals surface area contributed by atoms with E-state index >= 15 is 0 Å². The molecule has 0 N–H and O–H groups in total. The van der Waals surface area contributed by atoms with Crippen LogP contribution in [0.3, 0.4) is 0 Å². The second-order valence-corrected chi connectivity index (χ2v) is 5.71. The Morgan fingerprint density at radius 2 is 2.31 bits per heavy atom. The monoisotopic (exact) mass is 388 g/mol. The molecule has 1 heterocycles. The second-order valence-electron chi connectivity index (χ2n) is 2.44. The third kappa shape index (κ3) is 1.74. The minimum absolute atomic E-state index is 0.603. The van der Waals surface area contributed by atoms with Crippen LogP contribution in [0.1, 0.15) is 0 Å². The third-order valence-electron chi connectivity index (χ3n) is 1.72. The van der Waals surface area contributed by atoms with Gasteiger partial charge in [0, 0.05) is 9.86 Å². The molecule has 0 saturated carbocycles. The van der Waals surface area contributed by atoms with E-state index in [1.165, 1.54) is 0 Å². The van der Waals surface area contributed by atoms with Crippen LogP contribution in [0.2, 0.25) is 5.02 Å². The summed E-state index contributed by atoms with van der Waals surface area (Å²) in [7, 11) is 0. The number of benzene rings is 1. The Bertz CT molecular complexity index is 459.